The molecule has 56 valence electrons. The van der Waals surface area contributed by atoms with Gasteiger partial charge in [-0.3, -0.25) is 0 Å². The topological polar surface area (TPSA) is 30.7 Å². The number of thioether (sulfide) groups is 1. The molecule has 3 nitrogen and oxygen atoms in total. The number of alkyl halides is 1. The molecule has 0 aliphatic heterocycles. The second kappa shape index (κ2) is 3.83. The van der Waals surface area contributed by atoms with Gasteiger partial charge in [0.2, 0.25) is 0 Å². The van der Waals surface area contributed by atoms with Gasteiger partial charge in [0.1, 0.15) is 6.33 Å². The van der Waals surface area contributed by atoms with Crippen LogP contribution in [0, 0.1) is 0 Å². The lowest BCUT2D eigenvalue weighted by atomic mass is 11.0. The van der Waals surface area contributed by atoms with Gasteiger partial charge in [0.05, 0.1) is 0 Å². The molecule has 0 atom stereocenters. The minimum Gasteiger partial charge on any atom is -0.312 e. The Morgan fingerprint density at radius 3 is 3.10 bits per heavy atom. The van der Waals surface area contributed by atoms with Gasteiger partial charge in [-0.25, -0.2) is 0 Å². The molecule has 1 aromatic rings. The highest BCUT2D eigenvalue weighted by atomic mass is 35.5. The molecule has 5 heteroatoms. The lowest BCUT2D eigenvalue weighted by Gasteiger charge is -1.94. The predicted molar refractivity (Wildman–Crippen MR) is 42.4 cm³/mol. The third-order valence-corrected chi connectivity index (χ3v) is 2.43. The zero-order valence-electron chi connectivity index (χ0n) is 5.62. The van der Waals surface area contributed by atoms with Gasteiger partial charge < -0.3 is 4.57 Å². The van der Waals surface area contributed by atoms with Gasteiger partial charge in [-0.05, 0) is 0 Å². The molecule has 0 aliphatic carbocycles. The molecule has 0 fully saturated rings. The fraction of sp³-hybridized carbons (Fsp3) is 0.600. The Balaban J connectivity index is 2.49. The third kappa shape index (κ3) is 1.88. The van der Waals surface area contributed by atoms with Crippen molar-refractivity contribution in [2.24, 2.45) is 7.05 Å². The number of halogens is 1. The molecule has 0 amide bonds. The molecule has 1 rings (SSSR count). The largest absolute Gasteiger partial charge is 0.312 e. The molecular weight excluding hydrogens is 170 g/mol. The number of hydrogen-bond acceptors (Lipinski definition) is 3. The Labute approximate surface area is 68.8 Å². The minimum absolute atomic E-state index is 0.650. The quantitative estimate of drug-likeness (QED) is 0.513. The summed E-state index contributed by atoms with van der Waals surface area (Å²) >= 11 is 7.10. The molecule has 0 aliphatic rings. The molecule has 0 unspecified atom stereocenters. The minimum atomic E-state index is 0.650. The average molecular weight is 178 g/mol. The molecule has 0 saturated carbocycles. The highest BCUT2D eigenvalue weighted by molar-refractivity contribution is 7.99. The van der Waals surface area contributed by atoms with Crippen LogP contribution in [0.1, 0.15) is 0 Å². The normalized spacial score (nSPS) is 10.2. The number of aryl methyl sites for hydroxylation is 1. The lowest BCUT2D eigenvalue weighted by Crippen LogP contribution is -1.90. The fourth-order valence-electron chi connectivity index (χ4n) is 0.533. The summed E-state index contributed by atoms with van der Waals surface area (Å²) < 4.78 is 1.87. The maximum atomic E-state index is 5.49. The SMILES string of the molecule is Cn1cnnc1SCCCl. The highest BCUT2D eigenvalue weighted by Crippen LogP contribution is 2.12. The first-order valence-electron chi connectivity index (χ1n) is 2.87. The van der Waals surface area contributed by atoms with Gasteiger partial charge in [0.25, 0.3) is 0 Å². The number of aromatic nitrogens is 3. The molecule has 1 heterocycles. The van der Waals surface area contributed by atoms with Crippen LogP contribution in [0.25, 0.3) is 0 Å². The van der Waals surface area contributed by atoms with Crippen molar-refractivity contribution < 1.29 is 0 Å². The molecule has 0 N–H and O–H groups in total. The van der Waals surface area contributed by atoms with E-state index in [-0.39, 0.29) is 0 Å². The van der Waals surface area contributed by atoms with Crippen LogP contribution >= 0.6 is 23.4 Å². The Hall–Kier alpha value is -0.220. The van der Waals surface area contributed by atoms with Crippen LogP contribution in [0.4, 0.5) is 0 Å². The van der Waals surface area contributed by atoms with Crippen molar-refractivity contribution >= 4 is 23.4 Å². The summed E-state index contributed by atoms with van der Waals surface area (Å²) in [4.78, 5) is 0. The van der Waals surface area contributed by atoms with E-state index in [1.54, 1.807) is 18.1 Å². The van der Waals surface area contributed by atoms with Crippen LogP contribution in [-0.2, 0) is 7.05 Å². The maximum absolute atomic E-state index is 5.49. The summed E-state index contributed by atoms with van der Waals surface area (Å²) in [6, 6.07) is 0. The molecule has 10 heavy (non-hydrogen) atoms. The Kier molecular flexibility index (Phi) is 3.02. The molecule has 0 spiro atoms. The number of rotatable bonds is 3. The average Bonchev–Trinajstić information content (AvgIpc) is 2.31. The van der Waals surface area contributed by atoms with Crippen molar-refractivity contribution in [2.75, 3.05) is 11.6 Å². The van der Waals surface area contributed by atoms with Gasteiger partial charge in [0.15, 0.2) is 5.16 Å². The van der Waals surface area contributed by atoms with Gasteiger partial charge in [-0.1, -0.05) is 11.8 Å². The maximum Gasteiger partial charge on any atom is 0.190 e. The Bertz CT molecular complexity index is 201. The molecule has 0 aromatic carbocycles. The third-order valence-electron chi connectivity index (χ3n) is 0.978. The van der Waals surface area contributed by atoms with Crippen LogP contribution in [0.2, 0.25) is 0 Å². The first kappa shape index (κ1) is 7.88. The summed E-state index contributed by atoms with van der Waals surface area (Å²) in [5.74, 6) is 1.53. The smallest absolute Gasteiger partial charge is 0.190 e. The van der Waals surface area contributed by atoms with E-state index in [4.69, 9.17) is 11.6 Å². The van der Waals surface area contributed by atoms with Crippen molar-refractivity contribution in [1.82, 2.24) is 14.8 Å². The summed E-state index contributed by atoms with van der Waals surface area (Å²) in [6.45, 7) is 0. The Morgan fingerprint density at radius 1 is 1.80 bits per heavy atom. The van der Waals surface area contributed by atoms with E-state index in [0.717, 1.165) is 10.9 Å². The van der Waals surface area contributed by atoms with Gasteiger partial charge >= 0.3 is 0 Å². The van der Waals surface area contributed by atoms with Crippen LogP contribution in [0.5, 0.6) is 0 Å². The van der Waals surface area contributed by atoms with Crippen LogP contribution < -0.4 is 0 Å². The molecule has 1 aromatic heterocycles. The summed E-state index contributed by atoms with van der Waals surface area (Å²) in [6.07, 6.45) is 1.68. The lowest BCUT2D eigenvalue weighted by molar-refractivity contribution is 0.789. The zero-order valence-corrected chi connectivity index (χ0v) is 7.19. The van der Waals surface area contributed by atoms with Crippen molar-refractivity contribution in [3.8, 4) is 0 Å². The second-order valence-electron chi connectivity index (χ2n) is 1.76. The van der Waals surface area contributed by atoms with Crippen molar-refractivity contribution in [3.63, 3.8) is 0 Å². The molecular formula is C5H8ClN3S. The second-order valence-corrected chi connectivity index (χ2v) is 3.20. The van der Waals surface area contributed by atoms with Crippen molar-refractivity contribution in [2.45, 2.75) is 5.16 Å². The first-order valence-corrected chi connectivity index (χ1v) is 4.39. The zero-order chi connectivity index (χ0) is 7.40. The van der Waals surface area contributed by atoms with E-state index in [9.17, 15) is 0 Å². The van der Waals surface area contributed by atoms with Gasteiger partial charge in [-0.2, -0.15) is 0 Å². The number of nitrogens with zero attached hydrogens (tertiary/aromatic N) is 3. The van der Waals surface area contributed by atoms with Gasteiger partial charge in [0, 0.05) is 18.7 Å². The van der Waals surface area contributed by atoms with Crippen molar-refractivity contribution in [3.05, 3.63) is 6.33 Å². The van der Waals surface area contributed by atoms with Crippen LogP contribution in [0.15, 0.2) is 11.5 Å². The molecule has 0 bridgehead atoms. The number of hydrogen-bond donors (Lipinski definition) is 0. The van der Waals surface area contributed by atoms with E-state index in [2.05, 4.69) is 10.2 Å². The highest BCUT2D eigenvalue weighted by Gasteiger charge is 1.98. The summed E-state index contributed by atoms with van der Waals surface area (Å²) in [5.41, 5.74) is 0. The van der Waals surface area contributed by atoms with Crippen LogP contribution in [0.3, 0.4) is 0 Å². The monoisotopic (exact) mass is 177 g/mol. The Morgan fingerprint density at radius 2 is 2.60 bits per heavy atom. The van der Waals surface area contributed by atoms with E-state index in [0.29, 0.717) is 5.88 Å². The van der Waals surface area contributed by atoms with Crippen molar-refractivity contribution in [1.29, 1.82) is 0 Å². The van der Waals surface area contributed by atoms with E-state index >= 15 is 0 Å². The molecule has 0 radical (unpaired) electrons. The van der Waals surface area contributed by atoms with E-state index < -0.39 is 0 Å². The van der Waals surface area contributed by atoms with E-state index in [1.165, 1.54) is 0 Å². The van der Waals surface area contributed by atoms with Gasteiger partial charge in [-0.15, -0.1) is 21.8 Å². The van der Waals surface area contributed by atoms with Crippen LogP contribution in [-0.4, -0.2) is 26.4 Å². The summed E-state index contributed by atoms with van der Waals surface area (Å²) in [7, 11) is 1.91. The molecule has 0 saturated heterocycles. The summed E-state index contributed by atoms with van der Waals surface area (Å²) in [5, 5.41) is 8.51. The standard InChI is InChI=1S/C5H8ClN3S/c1-9-4-7-8-5(9)10-3-2-6/h4H,2-3H2,1H3. The fourth-order valence-corrected chi connectivity index (χ4v) is 1.38. The first-order chi connectivity index (χ1) is 4.84. The van der Waals surface area contributed by atoms with E-state index in [1.807, 2.05) is 11.6 Å². The predicted octanol–water partition coefficient (Wildman–Crippen LogP) is 1.15.